The summed E-state index contributed by atoms with van der Waals surface area (Å²) < 4.78 is 6.01. The number of H-pyrrole nitrogens is 2. The van der Waals surface area contributed by atoms with E-state index in [0.717, 1.165) is 4.57 Å². The zero-order valence-corrected chi connectivity index (χ0v) is 11.8. The SMILES string of the molecule is COCCc1ccnc(N)c1-n1c(=O)[nH]c2nc[nH]c2c1=O. The van der Waals surface area contributed by atoms with Crippen molar-refractivity contribution in [2.75, 3.05) is 19.5 Å². The number of anilines is 1. The van der Waals surface area contributed by atoms with Gasteiger partial charge in [-0.2, -0.15) is 0 Å². The molecule has 22 heavy (non-hydrogen) atoms. The summed E-state index contributed by atoms with van der Waals surface area (Å²) in [5.74, 6) is 0.0973. The Kier molecular flexibility index (Phi) is 3.47. The minimum atomic E-state index is -0.622. The average molecular weight is 302 g/mol. The van der Waals surface area contributed by atoms with E-state index in [1.54, 1.807) is 13.2 Å². The van der Waals surface area contributed by atoms with Crippen LogP contribution in [0.25, 0.3) is 16.9 Å². The van der Waals surface area contributed by atoms with Crippen LogP contribution in [-0.4, -0.2) is 38.2 Å². The Morgan fingerprint density at radius 1 is 1.36 bits per heavy atom. The Morgan fingerprint density at radius 2 is 2.18 bits per heavy atom. The minimum Gasteiger partial charge on any atom is -0.384 e. The molecule has 0 aromatic carbocycles. The summed E-state index contributed by atoms with van der Waals surface area (Å²) in [5.41, 5.74) is 6.09. The van der Waals surface area contributed by atoms with E-state index < -0.39 is 11.2 Å². The summed E-state index contributed by atoms with van der Waals surface area (Å²) >= 11 is 0. The van der Waals surface area contributed by atoms with E-state index in [4.69, 9.17) is 10.5 Å². The molecule has 3 rings (SSSR count). The Hall–Kier alpha value is -2.94. The van der Waals surface area contributed by atoms with Gasteiger partial charge in [0.05, 0.1) is 18.6 Å². The normalized spacial score (nSPS) is 11.1. The van der Waals surface area contributed by atoms with Crippen LogP contribution in [0.2, 0.25) is 0 Å². The molecule has 3 aromatic heterocycles. The van der Waals surface area contributed by atoms with Crippen molar-refractivity contribution in [3.05, 3.63) is 45.0 Å². The molecule has 9 nitrogen and oxygen atoms in total. The molecule has 0 amide bonds. The van der Waals surface area contributed by atoms with Crippen LogP contribution in [0, 0.1) is 0 Å². The standard InChI is InChI=1S/C13H14N6O3/c1-22-5-3-7-2-4-15-10(14)9(7)19-12(20)8-11(17-6-16-8)18-13(19)21/h2,4,6H,3,5H2,1H3,(H2,14,15)(H,16,17)(H,18,21). The van der Waals surface area contributed by atoms with E-state index in [9.17, 15) is 9.59 Å². The lowest BCUT2D eigenvalue weighted by atomic mass is 10.1. The molecule has 4 N–H and O–H groups in total. The van der Waals surface area contributed by atoms with Crippen LogP contribution in [-0.2, 0) is 11.2 Å². The number of aromatic amines is 2. The number of fused-ring (bicyclic) bond motifs is 1. The number of nitrogens with one attached hydrogen (secondary N) is 2. The van der Waals surface area contributed by atoms with Gasteiger partial charge in [0.2, 0.25) is 0 Å². The number of methoxy groups -OCH3 is 1. The average Bonchev–Trinajstić information content (AvgIpc) is 2.95. The molecule has 0 aliphatic carbocycles. The number of hydrogen-bond acceptors (Lipinski definition) is 6. The highest BCUT2D eigenvalue weighted by atomic mass is 16.5. The third-order valence-electron chi connectivity index (χ3n) is 3.32. The Balaban J connectivity index is 2.32. The molecule has 3 heterocycles. The van der Waals surface area contributed by atoms with Crippen molar-refractivity contribution in [2.45, 2.75) is 6.42 Å². The molecule has 9 heteroatoms. The molecule has 0 saturated heterocycles. The van der Waals surface area contributed by atoms with E-state index in [0.29, 0.717) is 18.6 Å². The predicted molar refractivity (Wildman–Crippen MR) is 80.1 cm³/mol. The molecule has 0 radical (unpaired) electrons. The Morgan fingerprint density at radius 3 is 2.95 bits per heavy atom. The lowest BCUT2D eigenvalue weighted by Crippen LogP contribution is -2.35. The van der Waals surface area contributed by atoms with E-state index >= 15 is 0 Å². The van der Waals surface area contributed by atoms with Crippen molar-refractivity contribution in [3.63, 3.8) is 0 Å². The van der Waals surface area contributed by atoms with Crippen molar-refractivity contribution < 1.29 is 4.74 Å². The van der Waals surface area contributed by atoms with E-state index in [1.807, 2.05) is 0 Å². The second-order valence-electron chi connectivity index (χ2n) is 4.64. The topological polar surface area (TPSA) is 132 Å². The summed E-state index contributed by atoms with van der Waals surface area (Å²) in [4.78, 5) is 37.9. The van der Waals surface area contributed by atoms with Gasteiger partial charge in [-0.25, -0.2) is 19.3 Å². The van der Waals surface area contributed by atoms with Crippen LogP contribution >= 0.6 is 0 Å². The van der Waals surface area contributed by atoms with Gasteiger partial charge in [0, 0.05) is 13.3 Å². The van der Waals surface area contributed by atoms with Crippen molar-refractivity contribution in [1.82, 2.24) is 24.5 Å². The first-order valence-corrected chi connectivity index (χ1v) is 6.54. The number of nitrogens with two attached hydrogens (primary N) is 1. The highest BCUT2D eigenvalue weighted by Gasteiger charge is 2.17. The van der Waals surface area contributed by atoms with Gasteiger partial charge in [0.15, 0.2) is 5.65 Å². The molecule has 114 valence electrons. The largest absolute Gasteiger partial charge is 0.384 e. The number of rotatable bonds is 4. The molecule has 0 fully saturated rings. The third kappa shape index (κ3) is 2.17. The van der Waals surface area contributed by atoms with Crippen molar-refractivity contribution >= 4 is 17.0 Å². The number of pyridine rings is 1. The highest BCUT2D eigenvalue weighted by Crippen LogP contribution is 2.18. The summed E-state index contributed by atoms with van der Waals surface area (Å²) in [6, 6.07) is 1.70. The summed E-state index contributed by atoms with van der Waals surface area (Å²) in [6.07, 6.45) is 3.36. The van der Waals surface area contributed by atoms with Crippen molar-refractivity contribution in [3.8, 4) is 5.69 Å². The first-order valence-electron chi connectivity index (χ1n) is 6.54. The van der Waals surface area contributed by atoms with Crippen LogP contribution in [0.1, 0.15) is 5.56 Å². The van der Waals surface area contributed by atoms with E-state index in [1.165, 1.54) is 12.5 Å². The van der Waals surface area contributed by atoms with Crippen LogP contribution in [0.15, 0.2) is 28.2 Å². The fourth-order valence-electron chi connectivity index (χ4n) is 2.30. The maximum Gasteiger partial charge on any atom is 0.334 e. The van der Waals surface area contributed by atoms with Gasteiger partial charge < -0.3 is 15.5 Å². The first kappa shape index (κ1) is 14.0. The number of aromatic nitrogens is 5. The first-order chi connectivity index (χ1) is 10.6. The Labute approximate surface area is 123 Å². The maximum atomic E-state index is 12.5. The maximum absolute atomic E-state index is 12.5. The fourth-order valence-corrected chi connectivity index (χ4v) is 2.30. The molecule has 0 saturated carbocycles. The molecule has 3 aromatic rings. The van der Waals surface area contributed by atoms with Gasteiger partial charge in [-0.1, -0.05) is 0 Å². The number of imidazole rings is 1. The van der Waals surface area contributed by atoms with E-state index in [2.05, 4.69) is 19.9 Å². The lowest BCUT2D eigenvalue weighted by Gasteiger charge is -2.12. The van der Waals surface area contributed by atoms with Crippen LogP contribution < -0.4 is 17.0 Å². The van der Waals surface area contributed by atoms with E-state index in [-0.39, 0.29) is 22.7 Å². The number of hydrogen-bond donors (Lipinski definition) is 3. The number of ether oxygens (including phenoxy) is 1. The molecular formula is C13H14N6O3. The minimum absolute atomic E-state index is 0.0973. The van der Waals surface area contributed by atoms with Gasteiger partial charge in [-0.3, -0.25) is 9.78 Å². The zero-order chi connectivity index (χ0) is 15.7. The highest BCUT2D eigenvalue weighted by molar-refractivity contribution is 5.69. The van der Waals surface area contributed by atoms with Crippen LogP contribution in [0.4, 0.5) is 5.82 Å². The molecule has 0 aliphatic heterocycles. The smallest absolute Gasteiger partial charge is 0.334 e. The number of nitrogens with zero attached hydrogens (tertiary/aromatic N) is 3. The van der Waals surface area contributed by atoms with Gasteiger partial charge in [-0.05, 0) is 18.1 Å². The van der Waals surface area contributed by atoms with Crippen molar-refractivity contribution in [1.29, 1.82) is 0 Å². The Bertz CT molecular complexity index is 939. The number of nitrogen functional groups attached to an aromatic ring is 1. The summed E-state index contributed by atoms with van der Waals surface area (Å²) in [7, 11) is 1.57. The van der Waals surface area contributed by atoms with Gasteiger partial charge in [0.25, 0.3) is 5.56 Å². The zero-order valence-electron chi connectivity index (χ0n) is 11.8. The second-order valence-corrected chi connectivity index (χ2v) is 4.64. The van der Waals surface area contributed by atoms with Crippen LogP contribution in [0.3, 0.4) is 0 Å². The van der Waals surface area contributed by atoms with Gasteiger partial charge in [-0.15, -0.1) is 0 Å². The predicted octanol–water partition coefficient (Wildman–Crippen LogP) is -0.432. The molecule has 0 unspecified atom stereocenters. The van der Waals surface area contributed by atoms with Gasteiger partial charge in [0.1, 0.15) is 11.3 Å². The van der Waals surface area contributed by atoms with Crippen LogP contribution in [0.5, 0.6) is 0 Å². The monoisotopic (exact) mass is 302 g/mol. The third-order valence-corrected chi connectivity index (χ3v) is 3.32. The molecule has 0 bridgehead atoms. The molecular weight excluding hydrogens is 288 g/mol. The van der Waals surface area contributed by atoms with Crippen molar-refractivity contribution in [2.24, 2.45) is 0 Å². The second kappa shape index (κ2) is 5.45. The molecule has 0 atom stereocenters. The fraction of sp³-hybridized carbons (Fsp3) is 0.231. The summed E-state index contributed by atoms with van der Waals surface area (Å²) in [5, 5.41) is 0. The van der Waals surface area contributed by atoms with Gasteiger partial charge >= 0.3 is 5.69 Å². The lowest BCUT2D eigenvalue weighted by molar-refractivity contribution is 0.202. The quantitative estimate of drug-likeness (QED) is 0.599. The molecule has 0 aliphatic rings. The summed E-state index contributed by atoms with van der Waals surface area (Å²) in [6.45, 7) is 0.426. The molecule has 0 spiro atoms.